The minimum absolute atomic E-state index is 0.131. The molecule has 0 spiro atoms. The minimum Gasteiger partial charge on any atom is -0.336 e. The number of rotatable bonds is 1. The summed E-state index contributed by atoms with van der Waals surface area (Å²) in [6.07, 6.45) is 3.57. The fourth-order valence-corrected chi connectivity index (χ4v) is 4.03. The molecule has 1 saturated heterocycles. The second-order valence-corrected chi connectivity index (χ2v) is 7.45. The van der Waals surface area contributed by atoms with Gasteiger partial charge in [0.2, 0.25) is 0 Å². The van der Waals surface area contributed by atoms with Crippen molar-refractivity contribution in [3.8, 4) is 0 Å². The van der Waals surface area contributed by atoms with Gasteiger partial charge in [-0.25, -0.2) is 4.79 Å². The molecule has 2 atom stereocenters. The van der Waals surface area contributed by atoms with Crippen molar-refractivity contribution < 1.29 is 4.79 Å². The van der Waals surface area contributed by atoms with E-state index in [1.54, 1.807) is 0 Å². The van der Waals surface area contributed by atoms with Crippen LogP contribution in [-0.4, -0.2) is 29.6 Å². The average molecular weight is 238 g/mol. The summed E-state index contributed by atoms with van der Waals surface area (Å²) in [7, 11) is 0. The van der Waals surface area contributed by atoms with Gasteiger partial charge in [0.15, 0.2) is 0 Å². The average Bonchev–Trinajstić information content (AvgIpc) is 2.33. The first-order chi connectivity index (χ1) is 7.71. The number of carbonyl (C=O) groups excluding carboxylic acids is 1. The van der Waals surface area contributed by atoms with Crippen molar-refractivity contribution in [2.45, 2.75) is 66.0 Å². The lowest BCUT2D eigenvalue weighted by Gasteiger charge is -2.39. The van der Waals surface area contributed by atoms with E-state index in [1.165, 1.54) is 12.8 Å². The molecule has 0 aromatic heterocycles. The number of amides is 2. The first-order valence-electron chi connectivity index (χ1n) is 6.78. The van der Waals surface area contributed by atoms with Crippen molar-refractivity contribution >= 4 is 6.03 Å². The topological polar surface area (TPSA) is 32.3 Å². The van der Waals surface area contributed by atoms with Crippen LogP contribution >= 0.6 is 0 Å². The van der Waals surface area contributed by atoms with Crippen LogP contribution in [0.4, 0.5) is 4.79 Å². The molecule has 17 heavy (non-hydrogen) atoms. The first kappa shape index (κ1) is 12.7. The molecule has 0 aromatic rings. The van der Waals surface area contributed by atoms with Gasteiger partial charge in [-0.3, -0.25) is 0 Å². The van der Waals surface area contributed by atoms with E-state index < -0.39 is 0 Å². The van der Waals surface area contributed by atoms with E-state index in [-0.39, 0.29) is 12.1 Å². The van der Waals surface area contributed by atoms with Crippen molar-refractivity contribution in [3.63, 3.8) is 0 Å². The van der Waals surface area contributed by atoms with Gasteiger partial charge in [0.05, 0.1) is 0 Å². The van der Waals surface area contributed by atoms with Gasteiger partial charge in [0.25, 0.3) is 0 Å². The fourth-order valence-electron chi connectivity index (χ4n) is 4.03. The van der Waals surface area contributed by atoms with E-state index in [1.807, 2.05) is 13.8 Å². The number of carbonyl (C=O) groups is 1. The Morgan fingerprint density at radius 1 is 1.29 bits per heavy atom. The van der Waals surface area contributed by atoms with Gasteiger partial charge >= 0.3 is 6.03 Å². The summed E-state index contributed by atoms with van der Waals surface area (Å²) >= 11 is 0. The Bertz CT molecular complexity index is 324. The van der Waals surface area contributed by atoms with E-state index in [0.717, 1.165) is 13.0 Å². The number of hydrogen-bond donors (Lipinski definition) is 1. The molecule has 2 unspecified atom stereocenters. The maximum absolute atomic E-state index is 12.2. The molecule has 2 amide bonds. The van der Waals surface area contributed by atoms with Gasteiger partial charge in [-0.05, 0) is 43.9 Å². The number of urea groups is 1. The molecule has 2 bridgehead atoms. The molecule has 1 aliphatic heterocycles. The largest absolute Gasteiger partial charge is 0.336 e. The molecule has 2 rings (SSSR count). The summed E-state index contributed by atoms with van der Waals surface area (Å²) < 4.78 is 0. The van der Waals surface area contributed by atoms with Gasteiger partial charge in [-0.1, -0.05) is 20.8 Å². The maximum atomic E-state index is 12.2. The summed E-state index contributed by atoms with van der Waals surface area (Å²) in [4.78, 5) is 14.2. The van der Waals surface area contributed by atoms with Crippen LogP contribution in [0.5, 0.6) is 0 Å². The molecule has 0 aromatic carbocycles. The highest BCUT2D eigenvalue weighted by molar-refractivity contribution is 5.75. The van der Waals surface area contributed by atoms with Crippen molar-refractivity contribution in [1.82, 2.24) is 10.2 Å². The summed E-state index contributed by atoms with van der Waals surface area (Å²) in [6.45, 7) is 12.0. The van der Waals surface area contributed by atoms with Crippen LogP contribution in [0.15, 0.2) is 0 Å². The predicted molar refractivity (Wildman–Crippen MR) is 69.9 cm³/mol. The number of likely N-dealkylation sites (tertiary alicyclic amines) is 1. The lowest BCUT2D eigenvalue weighted by atomic mass is 9.65. The first-order valence-corrected chi connectivity index (χ1v) is 6.78. The Hall–Kier alpha value is -0.730. The van der Waals surface area contributed by atoms with Crippen LogP contribution in [0.3, 0.4) is 0 Å². The molecule has 1 saturated carbocycles. The van der Waals surface area contributed by atoms with Crippen molar-refractivity contribution in [2.24, 2.45) is 10.8 Å². The summed E-state index contributed by atoms with van der Waals surface area (Å²) in [5, 5.41) is 3.03. The van der Waals surface area contributed by atoms with Gasteiger partial charge in [0.1, 0.15) is 0 Å². The van der Waals surface area contributed by atoms with Crippen LogP contribution in [0, 0.1) is 10.8 Å². The number of fused-ring (bicyclic) bond motifs is 2. The van der Waals surface area contributed by atoms with Crippen molar-refractivity contribution in [3.05, 3.63) is 0 Å². The van der Waals surface area contributed by atoms with E-state index in [0.29, 0.717) is 16.9 Å². The van der Waals surface area contributed by atoms with Gasteiger partial charge < -0.3 is 10.2 Å². The van der Waals surface area contributed by atoms with E-state index in [9.17, 15) is 4.79 Å². The third kappa shape index (κ3) is 2.58. The Labute approximate surface area is 105 Å². The van der Waals surface area contributed by atoms with Crippen molar-refractivity contribution in [2.75, 3.05) is 6.54 Å². The lowest BCUT2D eigenvalue weighted by molar-refractivity contribution is 0.129. The third-order valence-electron chi connectivity index (χ3n) is 4.09. The van der Waals surface area contributed by atoms with Gasteiger partial charge in [0, 0.05) is 18.6 Å². The predicted octanol–water partition coefficient (Wildman–Crippen LogP) is 3.01. The molecular weight excluding hydrogens is 212 g/mol. The minimum atomic E-state index is 0.131. The molecule has 0 radical (unpaired) electrons. The second kappa shape index (κ2) is 3.89. The molecule has 2 fully saturated rings. The quantitative estimate of drug-likeness (QED) is 0.748. The zero-order valence-corrected chi connectivity index (χ0v) is 11.8. The highest BCUT2D eigenvalue weighted by atomic mass is 16.2. The molecular formula is C14H26N2O. The zero-order chi connectivity index (χ0) is 12.8. The monoisotopic (exact) mass is 238 g/mol. The van der Waals surface area contributed by atoms with E-state index >= 15 is 0 Å². The Morgan fingerprint density at radius 3 is 2.53 bits per heavy atom. The van der Waals surface area contributed by atoms with Gasteiger partial charge in [-0.2, -0.15) is 0 Å². The molecule has 1 heterocycles. The Morgan fingerprint density at radius 2 is 1.94 bits per heavy atom. The summed E-state index contributed by atoms with van der Waals surface area (Å²) in [6, 6.07) is 0.803. The number of nitrogens with one attached hydrogen (secondary N) is 1. The highest BCUT2D eigenvalue weighted by Gasteiger charge is 2.50. The Kier molecular flexibility index (Phi) is 2.91. The number of hydrogen-bond acceptors (Lipinski definition) is 1. The van der Waals surface area contributed by atoms with Crippen LogP contribution in [0.2, 0.25) is 0 Å². The molecule has 3 nitrogen and oxygen atoms in total. The van der Waals surface area contributed by atoms with Crippen LogP contribution in [-0.2, 0) is 0 Å². The summed E-state index contributed by atoms with van der Waals surface area (Å²) in [5.41, 5.74) is 0.714. The molecule has 2 aliphatic rings. The van der Waals surface area contributed by atoms with Crippen LogP contribution in [0.1, 0.15) is 53.9 Å². The Balaban J connectivity index is 2.11. The van der Waals surface area contributed by atoms with E-state index in [2.05, 4.69) is 31.0 Å². The SMILES string of the molecule is CC(C)NC(=O)N1CC2(C)CC1CC(C)(C)C2. The molecule has 1 N–H and O–H groups in total. The number of nitrogens with zero attached hydrogens (tertiary/aromatic N) is 1. The fraction of sp³-hybridized carbons (Fsp3) is 0.929. The normalized spacial score (nSPS) is 35.2. The smallest absolute Gasteiger partial charge is 0.317 e. The lowest BCUT2D eigenvalue weighted by Crippen LogP contribution is -2.45. The molecule has 98 valence electrons. The van der Waals surface area contributed by atoms with Gasteiger partial charge in [-0.15, -0.1) is 0 Å². The van der Waals surface area contributed by atoms with E-state index in [4.69, 9.17) is 0 Å². The van der Waals surface area contributed by atoms with Crippen LogP contribution < -0.4 is 5.32 Å². The standard InChI is InChI=1S/C14H26N2O/c1-10(2)15-12(17)16-9-14(5)7-11(16)6-13(3,4)8-14/h10-11H,6-9H2,1-5H3,(H,15,17). The molecule has 3 heteroatoms. The van der Waals surface area contributed by atoms with Crippen molar-refractivity contribution in [1.29, 1.82) is 0 Å². The zero-order valence-electron chi connectivity index (χ0n) is 11.8. The highest BCUT2D eigenvalue weighted by Crippen LogP contribution is 2.52. The maximum Gasteiger partial charge on any atom is 0.317 e. The van der Waals surface area contributed by atoms with Crippen LogP contribution in [0.25, 0.3) is 0 Å². The summed E-state index contributed by atoms with van der Waals surface area (Å²) in [5.74, 6) is 0. The second-order valence-electron chi connectivity index (χ2n) is 7.45. The third-order valence-corrected chi connectivity index (χ3v) is 4.09. The molecule has 1 aliphatic carbocycles.